The molecule has 2 N–H and O–H groups in total. The summed E-state index contributed by atoms with van der Waals surface area (Å²) >= 11 is 0. The van der Waals surface area contributed by atoms with Crippen molar-refractivity contribution in [2.24, 2.45) is 0 Å². The highest BCUT2D eigenvalue weighted by atomic mass is 16.2. The van der Waals surface area contributed by atoms with Gasteiger partial charge in [-0.2, -0.15) is 0 Å². The van der Waals surface area contributed by atoms with Gasteiger partial charge in [-0.1, -0.05) is 17.7 Å². The van der Waals surface area contributed by atoms with E-state index >= 15 is 0 Å². The number of nitrogens with one attached hydrogen (secondary N) is 2. The van der Waals surface area contributed by atoms with E-state index in [0.717, 1.165) is 16.8 Å². The van der Waals surface area contributed by atoms with Crippen molar-refractivity contribution in [2.45, 2.75) is 13.0 Å². The lowest BCUT2D eigenvalue weighted by molar-refractivity contribution is -0.128. The van der Waals surface area contributed by atoms with E-state index < -0.39 is 6.04 Å². The summed E-state index contributed by atoms with van der Waals surface area (Å²) in [7, 11) is 3.38. The molecule has 1 aliphatic heterocycles. The Morgan fingerprint density at radius 2 is 2.17 bits per heavy atom. The van der Waals surface area contributed by atoms with Gasteiger partial charge in [0.25, 0.3) is 0 Å². The first-order valence-corrected chi connectivity index (χ1v) is 5.84. The van der Waals surface area contributed by atoms with Crippen molar-refractivity contribution < 1.29 is 9.59 Å². The molecule has 1 aromatic rings. The van der Waals surface area contributed by atoms with Crippen molar-refractivity contribution in [1.82, 2.24) is 10.2 Å². The van der Waals surface area contributed by atoms with Crippen LogP contribution in [0.2, 0.25) is 0 Å². The molecule has 2 amide bonds. The Labute approximate surface area is 106 Å². The van der Waals surface area contributed by atoms with Gasteiger partial charge in [-0.15, -0.1) is 0 Å². The normalized spacial score (nSPS) is 17.3. The highest BCUT2D eigenvalue weighted by Crippen LogP contribution is 2.31. The monoisotopic (exact) mass is 247 g/mol. The quantitative estimate of drug-likeness (QED) is 0.825. The second-order valence-corrected chi connectivity index (χ2v) is 4.68. The molecule has 18 heavy (non-hydrogen) atoms. The van der Waals surface area contributed by atoms with E-state index in [1.54, 1.807) is 14.1 Å². The molecule has 0 aromatic heterocycles. The third-order valence-corrected chi connectivity index (χ3v) is 2.99. The van der Waals surface area contributed by atoms with E-state index in [1.807, 2.05) is 25.1 Å². The van der Waals surface area contributed by atoms with E-state index in [4.69, 9.17) is 0 Å². The van der Waals surface area contributed by atoms with Gasteiger partial charge in [0.05, 0.1) is 6.54 Å². The lowest BCUT2D eigenvalue weighted by atomic mass is 10.1. The summed E-state index contributed by atoms with van der Waals surface area (Å²) in [6.07, 6.45) is 0. The maximum atomic E-state index is 11.8. The average Bonchev–Trinajstić information content (AvgIpc) is 2.61. The van der Waals surface area contributed by atoms with Gasteiger partial charge in [0, 0.05) is 25.3 Å². The second kappa shape index (κ2) is 4.78. The number of amides is 2. The van der Waals surface area contributed by atoms with Crippen LogP contribution in [0, 0.1) is 6.92 Å². The zero-order valence-electron chi connectivity index (χ0n) is 10.8. The molecule has 5 nitrogen and oxygen atoms in total. The van der Waals surface area contributed by atoms with Crippen molar-refractivity contribution in [1.29, 1.82) is 0 Å². The third kappa shape index (κ3) is 2.36. The van der Waals surface area contributed by atoms with Gasteiger partial charge in [-0.25, -0.2) is 0 Å². The minimum absolute atomic E-state index is 0.0519. The molecule has 1 atom stereocenters. The van der Waals surface area contributed by atoms with Crippen LogP contribution in [0.1, 0.15) is 17.2 Å². The van der Waals surface area contributed by atoms with Gasteiger partial charge in [-0.05, 0) is 13.0 Å². The fourth-order valence-electron chi connectivity index (χ4n) is 1.93. The SMILES string of the molecule is Cc1ccc2c(c1)C(NCC(=O)N(C)C)C(=O)N2. The number of hydrogen-bond donors (Lipinski definition) is 2. The zero-order chi connectivity index (χ0) is 13.3. The first-order chi connectivity index (χ1) is 8.49. The lowest BCUT2D eigenvalue weighted by Crippen LogP contribution is -2.37. The molecular formula is C13H17N3O2. The van der Waals surface area contributed by atoms with Crippen molar-refractivity contribution in [3.63, 3.8) is 0 Å². The van der Waals surface area contributed by atoms with Crippen LogP contribution < -0.4 is 10.6 Å². The summed E-state index contributed by atoms with van der Waals surface area (Å²) in [4.78, 5) is 24.8. The summed E-state index contributed by atoms with van der Waals surface area (Å²) in [5.74, 6) is -0.161. The Balaban J connectivity index is 2.13. The zero-order valence-corrected chi connectivity index (χ0v) is 10.8. The number of hydrogen-bond acceptors (Lipinski definition) is 3. The topological polar surface area (TPSA) is 61.4 Å². The van der Waals surface area contributed by atoms with Crippen LogP contribution in [0.5, 0.6) is 0 Å². The van der Waals surface area contributed by atoms with E-state index in [1.165, 1.54) is 4.90 Å². The van der Waals surface area contributed by atoms with Crippen LogP contribution in [0.3, 0.4) is 0 Å². The van der Waals surface area contributed by atoms with Gasteiger partial charge in [0.2, 0.25) is 11.8 Å². The van der Waals surface area contributed by atoms with E-state index in [9.17, 15) is 9.59 Å². The summed E-state index contributed by atoms with van der Waals surface area (Å²) in [5, 5.41) is 5.79. The van der Waals surface area contributed by atoms with Gasteiger partial charge >= 0.3 is 0 Å². The number of carbonyl (C=O) groups excluding carboxylic acids is 2. The number of fused-ring (bicyclic) bond motifs is 1. The maximum absolute atomic E-state index is 11.8. The Morgan fingerprint density at radius 3 is 2.83 bits per heavy atom. The van der Waals surface area contributed by atoms with Crippen LogP contribution in [0.4, 0.5) is 5.69 Å². The van der Waals surface area contributed by atoms with Crippen LogP contribution in [0.15, 0.2) is 18.2 Å². The molecular weight excluding hydrogens is 230 g/mol. The molecule has 1 unspecified atom stereocenters. The van der Waals surface area contributed by atoms with Crippen molar-refractivity contribution in [3.05, 3.63) is 29.3 Å². The van der Waals surface area contributed by atoms with E-state index in [2.05, 4.69) is 10.6 Å². The van der Waals surface area contributed by atoms with Gasteiger partial charge in [-0.3, -0.25) is 14.9 Å². The number of rotatable bonds is 3. The number of nitrogens with zero attached hydrogens (tertiary/aromatic N) is 1. The molecule has 0 fully saturated rings. The van der Waals surface area contributed by atoms with Crippen LogP contribution in [0.25, 0.3) is 0 Å². The number of aryl methyl sites for hydroxylation is 1. The Bertz CT molecular complexity index is 497. The standard InChI is InChI=1S/C13H17N3O2/c1-8-4-5-10-9(6-8)12(13(18)15-10)14-7-11(17)16(2)3/h4-6,12,14H,7H2,1-3H3,(H,15,18). The molecule has 0 spiro atoms. The van der Waals surface area contributed by atoms with Crippen molar-refractivity contribution >= 4 is 17.5 Å². The molecule has 5 heteroatoms. The molecule has 1 heterocycles. The predicted molar refractivity (Wildman–Crippen MR) is 69.2 cm³/mol. The van der Waals surface area contributed by atoms with Crippen LogP contribution >= 0.6 is 0 Å². The van der Waals surface area contributed by atoms with Crippen molar-refractivity contribution in [3.8, 4) is 0 Å². The largest absolute Gasteiger partial charge is 0.348 e. The van der Waals surface area contributed by atoms with Gasteiger partial charge in [0.1, 0.15) is 6.04 Å². The minimum Gasteiger partial charge on any atom is -0.348 e. The summed E-state index contributed by atoms with van der Waals surface area (Å²) in [6, 6.07) is 5.36. The molecule has 0 saturated heterocycles. The molecule has 2 rings (SSSR count). The van der Waals surface area contributed by atoms with Crippen LogP contribution in [-0.2, 0) is 9.59 Å². The smallest absolute Gasteiger partial charge is 0.246 e. The second-order valence-electron chi connectivity index (χ2n) is 4.68. The summed E-state index contributed by atoms with van der Waals surface area (Å²) in [5.41, 5.74) is 2.82. The summed E-state index contributed by atoms with van der Waals surface area (Å²) < 4.78 is 0. The molecule has 0 bridgehead atoms. The fourth-order valence-corrected chi connectivity index (χ4v) is 1.93. The minimum atomic E-state index is -0.441. The molecule has 1 aromatic carbocycles. The molecule has 1 aliphatic rings. The third-order valence-electron chi connectivity index (χ3n) is 2.99. The highest BCUT2D eigenvalue weighted by Gasteiger charge is 2.30. The Morgan fingerprint density at radius 1 is 1.44 bits per heavy atom. The first-order valence-electron chi connectivity index (χ1n) is 5.84. The molecule has 0 radical (unpaired) electrons. The number of likely N-dealkylation sites (N-methyl/N-ethyl adjacent to an activating group) is 1. The van der Waals surface area contributed by atoms with E-state index in [0.29, 0.717) is 0 Å². The van der Waals surface area contributed by atoms with Crippen LogP contribution in [-0.4, -0.2) is 37.4 Å². The van der Waals surface area contributed by atoms with Gasteiger partial charge in [0.15, 0.2) is 0 Å². The van der Waals surface area contributed by atoms with Crippen molar-refractivity contribution in [2.75, 3.05) is 26.0 Å². The molecule has 96 valence electrons. The van der Waals surface area contributed by atoms with Gasteiger partial charge < -0.3 is 10.2 Å². The number of carbonyl (C=O) groups is 2. The Kier molecular flexibility index (Phi) is 3.34. The highest BCUT2D eigenvalue weighted by molar-refractivity contribution is 6.02. The predicted octanol–water partition coefficient (Wildman–Crippen LogP) is 0.666. The molecule has 0 saturated carbocycles. The maximum Gasteiger partial charge on any atom is 0.246 e. The fraction of sp³-hybridized carbons (Fsp3) is 0.385. The van der Waals surface area contributed by atoms with E-state index in [-0.39, 0.29) is 18.4 Å². The Hall–Kier alpha value is -1.88. The lowest BCUT2D eigenvalue weighted by Gasteiger charge is -2.14. The number of benzene rings is 1. The average molecular weight is 247 g/mol. The number of anilines is 1. The molecule has 0 aliphatic carbocycles. The summed E-state index contributed by atoms with van der Waals surface area (Å²) in [6.45, 7) is 2.13. The first kappa shape index (κ1) is 12.6.